The topological polar surface area (TPSA) is 113 Å². The third-order valence-corrected chi connectivity index (χ3v) is 1.65. The van der Waals surface area contributed by atoms with Gasteiger partial charge in [-0.25, -0.2) is 9.59 Å². The third-order valence-electron chi connectivity index (χ3n) is 1.65. The van der Waals surface area contributed by atoms with Crippen molar-refractivity contribution >= 4 is 18.0 Å². The first-order chi connectivity index (χ1) is 7.61. The number of nitrogens with one attached hydrogen (secondary N) is 1. The van der Waals surface area contributed by atoms with Crippen LogP contribution in [0.25, 0.3) is 0 Å². The standard InChI is InChI=1S/C10H17NO6/c1-10(2,3)17-7(12)5-4-6(8(13)14)11-9(15)16/h6,11H,4-5H2,1-3H3,(H,13,14)(H,15,16)/t6-/m0/s1. The van der Waals surface area contributed by atoms with E-state index < -0.39 is 29.7 Å². The van der Waals surface area contributed by atoms with Crippen molar-refractivity contribution in [2.24, 2.45) is 0 Å². The lowest BCUT2D eigenvalue weighted by atomic mass is 10.1. The van der Waals surface area contributed by atoms with Crippen LogP contribution >= 0.6 is 0 Å². The molecule has 3 N–H and O–H groups in total. The number of carboxylic acid groups (broad SMARTS) is 2. The van der Waals surface area contributed by atoms with Gasteiger partial charge in [0.05, 0.1) is 0 Å². The zero-order valence-electron chi connectivity index (χ0n) is 10.0. The van der Waals surface area contributed by atoms with E-state index in [-0.39, 0.29) is 12.8 Å². The summed E-state index contributed by atoms with van der Waals surface area (Å²) in [5, 5.41) is 18.9. The van der Waals surface area contributed by atoms with Crippen molar-refractivity contribution in [3.8, 4) is 0 Å². The van der Waals surface area contributed by atoms with Crippen LogP contribution in [0.1, 0.15) is 33.6 Å². The third kappa shape index (κ3) is 8.06. The highest BCUT2D eigenvalue weighted by molar-refractivity contribution is 5.80. The lowest BCUT2D eigenvalue weighted by Crippen LogP contribution is -2.40. The molecule has 0 heterocycles. The fraction of sp³-hybridized carbons (Fsp3) is 0.700. The minimum atomic E-state index is -1.44. The van der Waals surface area contributed by atoms with Crippen LogP contribution in [0.5, 0.6) is 0 Å². The Hall–Kier alpha value is -1.79. The highest BCUT2D eigenvalue weighted by Crippen LogP contribution is 2.10. The van der Waals surface area contributed by atoms with Gasteiger partial charge in [-0.05, 0) is 27.2 Å². The van der Waals surface area contributed by atoms with Gasteiger partial charge >= 0.3 is 18.0 Å². The van der Waals surface area contributed by atoms with Crippen LogP contribution in [-0.4, -0.2) is 39.9 Å². The summed E-state index contributed by atoms with van der Waals surface area (Å²) >= 11 is 0. The molecule has 0 aliphatic carbocycles. The van der Waals surface area contributed by atoms with E-state index >= 15 is 0 Å². The molecule has 0 aromatic rings. The summed E-state index contributed by atoms with van der Waals surface area (Å²) < 4.78 is 4.97. The average molecular weight is 247 g/mol. The Labute approximate surface area is 98.8 Å². The number of rotatable bonds is 5. The lowest BCUT2D eigenvalue weighted by molar-refractivity contribution is -0.155. The molecule has 0 aromatic carbocycles. The number of carboxylic acids is 1. The first kappa shape index (κ1) is 15.2. The molecule has 0 aliphatic heterocycles. The molecule has 7 nitrogen and oxygen atoms in total. The SMILES string of the molecule is CC(C)(C)OC(=O)CC[C@H](NC(=O)O)C(=O)O. The number of aliphatic carboxylic acids is 1. The predicted molar refractivity (Wildman–Crippen MR) is 57.7 cm³/mol. The maximum atomic E-state index is 11.3. The molecule has 0 aromatic heterocycles. The van der Waals surface area contributed by atoms with Gasteiger partial charge in [-0.2, -0.15) is 0 Å². The maximum absolute atomic E-state index is 11.3. The van der Waals surface area contributed by atoms with Crippen LogP contribution in [0.3, 0.4) is 0 Å². The van der Waals surface area contributed by atoms with E-state index in [1.54, 1.807) is 26.1 Å². The number of esters is 1. The molecule has 0 rings (SSSR count). The molecule has 17 heavy (non-hydrogen) atoms. The van der Waals surface area contributed by atoms with Crippen LogP contribution in [0.15, 0.2) is 0 Å². The normalized spacial score (nSPS) is 12.6. The molecule has 0 saturated carbocycles. The highest BCUT2D eigenvalue weighted by Gasteiger charge is 2.22. The van der Waals surface area contributed by atoms with Crippen LogP contribution in [0, 0.1) is 0 Å². The van der Waals surface area contributed by atoms with Crippen molar-refractivity contribution < 1.29 is 29.3 Å². The van der Waals surface area contributed by atoms with E-state index in [4.69, 9.17) is 14.9 Å². The first-order valence-electron chi connectivity index (χ1n) is 5.06. The smallest absolute Gasteiger partial charge is 0.405 e. The zero-order chi connectivity index (χ0) is 13.6. The minimum absolute atomic E-state index is 0.142. The van der Waals surface area contributed by atoms with Gasteiger partial charge in [0, 0.05) is 6.42 Å². The Bertz CT molecular complexity index is 306. The van der Waals surface area contributed by atoms with Crippen LogP contribution in [-0.2, 0) is 14.3 Å². The van der Waals surface area contributed by atoms with Crippen LogP contribution in [0.4, 0.5) is 4.79 Å². The summed E-state index contributed by atoms with van der Waals surface area (Å²) in [5.41, 5.74) is -0.643. The van der Waals surface area contributed by atoms with Gasteiger partial charge in [-0.15, -0.1) is 0 Å². The maximum Gasteiger partial charge on any atom is 0.405 e. The molecular formula is C10H17NO6. The molecule has 98 valence electrons. The Kier molecular flexibility index (Phi) is 5.43. The molecule has 0 bridgehead atoms. The summed E-state index contributed by atoms with van der Waals surface area (Å²) in [6.07, 6.45) is -1.74. The number of amides is 1. The van der Waals surface area contributed by atoms with Crippen molar-refractivity contribution in [3.05, 3.63) is 0 Å². The summed E-state index contributed by atoms with van der Waals surface area (Å²) in [6, 6.07) is -1.31. The van der Waals surface area contributed by atoms with Crippen molar-refractivity contribution in [2.75, 3.05) is 0 Å². The Morgan fingerprint density at radius 2 is 1.76 bits per heavy atom. The molecule has 0 aliphatic rings. The van der Waals surface area contributed by atoms with E-state index in [0.717, 1.165) is 0 Å². The molecule has 0 saturated heterocycles. The van der Waals surface area contributed by atoms with Crippen molar-refractivity contribution in [2.45, 2.75) is 45.3 Å². The largest absolute Gasteiger partial charge is 0.480 e. The number of carbonyl (C=O) groups is 3. The molecule has 0 spiro atoms. The minimum Gasteiger partial charge on any atom is -0.480 e. The Morgan fingerprint density at radius 3 is 2.12 bits per heavy atom. The molecule has 1 atom stereocenters. The summed E-state index contributed by atoms with van der Waals surface area (Å²) in [4.78, 5) is 32.2. The summed E-state index contributed by atoms with van der Waals surface area (Å²) in [5.74, 6) is -1.88. The highest BCUT2D eigenvalue weighted by atomic mass is 16.6. The van der Waals surface area contributed by atoms with Crippen LogP contribution < -0.4 is 5.32 Å². The van der Waals surface area contributed by atoms with Crippen molar-refractivity contribution in [3.63, 3.8) is 0 Å². The van der Waals surface area contributed by atoms with E-state index in [2.05, 4.69) is 0 Å². The second-order valence-electron chi connectivity index (χ2n) is 4.47. The van der Waals surface area contributed by atoms with E-state index in [1.165, 1.54) is 0 Å². The van der Waals surface area contributed by atoms with Gasteiger partial charge in [0.2, 0.25) is 0 Å². The second-order valence-corrected chi connectivity index (χ2v) is 4.47. The van der Waals surface area contributed by atoms with Gasteiger partial charge in [0.25, 0.3) is 0 Å². The van der Waals surface area contributed by atoms with E-state index in [9.17, 15) is 14.4 Å². The summed E-state index contributed by atoms with van der Waals surface area (Å²) in [6.45, 7) is 5.07. The van der Waals surface area contributed by atoms with Gasteiger partial charge in [0.15, 0.2) is 0 Å². The van der Waals surface area contributed by atoms with Gasteiger partial charge < -0.3 is 20.3 Å². The zero-order valence-corrected chi connectivity index (χ0v) is 10.0. The molecule has 0 fully saturated rings. The molecule has 1 amide bonds. The first-order valence-corrected chi connectivity index (χ1v) is 5.06. The van der Waals surface area contributed by atoms with E-state index in [0.29, 0.717) is 0 Å². The number of hydrogen-bond acceptors (Lipinski definition) is 4. The van der Waals surface area contributed by atoms with Gasteiger partial charge in [-0.1, -0.05) is 0 Å². The Morgan fingerprint density at radius 1 is 1.24 bits per heavy atom. The molecule has 0 unspecified atom stereocenters. The predicted octanol–water partition coefficient (Wildman–Crippen LogP) is 0.829. The fourth-order valence-corrected chi connectivity index (χ4v) is 1.06. The van der Waals surface area contributed by atoms with Crippen LogP contribution in [0.2, 0.25) is 0 Å². The van der Waals surface area contributed by atoms with Crippen molar-refractivity contribution in [1.82, 2.24) is 5.32 Å². The van der Waals surface area contributed by atoms with Gasteiger partial charge in [-0.3, -0.25) is 4.79 Å². The van der Waals surface area contributed by atoms with Crippen molar-refractivity contribution in [1.29, 1.82) is 0 Å². The molecule has 0 radical (unpaired) electrons. The van der Waals surface area contributed by atoms with E-state index in [1.807, 2.05) is 0 Å². The Balaban J connectivity index is 4.18. The number of carbonyl (C=O) groups excluding carboxylic acids is 1. The quantitative estimate of drug-likeness (QED) is 0.620. The van der Waals surface area contributed by atoms with Gasteiger partial charge in [0.1, 0.15) is 11.6 Å². The lowest BCUT2D eigenvalue weighted by Gasteiger charge is -2.20. The molecular weight excluding hydrogens is 230 g/mol. The fourth-order valence-electron chi connectivity index (χ4n) is 1.06. The average Bonchev–Trinajstić information content (AvgIpc) is 2.08. The summed E-state index contributed by atoms with van der Waals surface area (Å²) in [7, 11) is 0. The monoisotopic (exact) mass is 247 g/mol. The number of ether oxygens (including phenoxy) is 1. The molecule has 7 heteroatoms. The second kappa shape index (κ2) is 6.07. The number of hydrogen-bond donors (Lipinski definition) is 3.